The van der Waals surface area contributed by atoms with Gasteiger partial charge in [0.2, 0.25) is 5.88 Å². The zero-order valence-corrected chi connectivity index (χ0v) is 12.9. The molecule has 22 heavy (non-hydrogen) atoms. The van der Waals surface area contributed by atoms with E-state index in [2.05, 4.69) is 4.98 Å². The molecule has 1 atom stereocenters. The van der Waals surface area contributed by atoms with Crippen molar-refractivity contribution in [2.45, 2.75) is 19.9 Å². The number of halogens is 1. The average molecular weight is 302 g/mol. The van der Waals surface area contributed by atoms with Crippen molar-refractivity contribution in [2.24, 2.45) is 0 Å². The van der Waals surface area contributed by atoms with E-state index >= 15 is 0 Å². The van der Waals surface area contributed by atoms with Crippen LogP contribution in [0.2, 0.25) is 0 Å². The molecule has 0 bridgehead atoms. The topological polar surface area (TPSA) is 42.4 Å². The Labute approximate surface area is 129 Å². The number of benzene rings is 1. The van der Waals surface area contributed by atoms with Crippen LogP contribution in [0.1, 0.15) is 35.8 Å². The van der Waals surface area contributed by atoms with Gasteiger partial charge in [-0.05, 0) is 32.0 Å². The summed E-state index contributed by atoms with van der Waals surface area (Å²) in [5.74, 6) is -0.291. The quantitative estimate of drug-likeness (QED) is 0.849. The predicted molar refractivity (Wildman–Crippen MR) is 82.3 cm³/mol. The van der Waals surface area contributed by atoms with E-state index in [9.17, 15) is 9.18 Å². The lowest BCUT2D eigenvalue weighted by molar-refractivity contribution is 0.0735. The van der Waals surface area contributed by atoms with E-state index in [0.29, 0.717) is 23.6 Å². The zero-order valence-electron chi connectivity index (χ0n) is 12.9. The molecule has 116 valence electrons. The van der Waals surface area contributed by atoms with Crippen LogP contribution in [0.5, 0.6) is 5.88 Å². The number of amides is 1. The largest absolute Gasteiger partial charge is 0.477 e. The van der Waals surface area contributed by atoms with Crippen LogP contribution in [0, 0.1) is 5.82 Å². The number of nitrogens with zero attached hydrogens (tertiary/aromatic N) is 2. The first kappa shape index (κ1) is 15.9. The number of aromatic nitrogens is 1. The van der Waals surface area contributed by atoms with Crippen LogP contribution < -0.4 is 4.74 Å². The van der Waals surface area contributed by atoms with Gasteiger partial charge in [0.15, 0.2) is 0 Å². The van der Waals surface area contributed by atoms with Gasteiger partial charge in [0.05, 0.1) is 12.6 Å². The third kappa shape index (κ3) is 3.24. The Morgan fingerprint density at radius 3 is 2.73 bits per heavy atom. The van der Waals surface area contributed by atoms with Crippen molar-refractivity contribution < 1.29 is 13.9 Å². The Balaban J connectivity index is 2.28. The molecule has 2 rings (SSSR count). The molecule has 0 aliphatic rings. The summed E-state index contributed by atoms with van der Waals surface area (Å²) in [6.07, 6.45) is 1.57. The van der Waals surface area contributed by atoms with E-state index < -0.39 is 6.04 Å². The molecule has 1 heterocycles. The Morgan fingerprint density at radius 1 is 1.32 bits per heavy atom. The second-order valence-electron chi connectivity index (χ2n) is 4.90. The Morgan fingerprint density at radius 2 is 2.05 bits per heavy atom. The minimum Gasteiger partial charge on any atom is -0.477 e. The lowest BCUT2D eigenvalue weighted by atomic mass is 10.1. The molecule has 5 heteroatoms. The summed E-state index contributed by atoms with van der Waals surface area (Å²) in [6, 6.07) is 9.38. The van der Waals surface area contributed by atoms with Crippen LogP contribution >= 0.6 is 0 Å². The molecule has 1 aromatic carbocycles. The molecule has 1 amide bonds. The van der Waals surface area contributed by atoms with Gasteiger partial charge in [-0.15, -0.1) is 0 Å². The molecule has 0 radical (unpaired) electrons. The summed E-state index contributed by atoms with van der Waals surface area (Å²) >= 11 is 0. The van der Waals surface area contributed by atoms with Crippen LogP contribution in [0.25, 0.3) is 0 Å². The summed E-state index contributed by atoms with van der Waals surface area (Å²) in [4.78, 5) is 18.2. The van der Waals surface area contributed by atoms with E-state index in [1.807, 2.05) is 6.92 Å². The maximum absolute atomic E-state index is 13.9. The van der Waals surface area contributed by atoms with Crippen molar-refractivity contribution in [3.63, 3.8) is 0 Å². The van der Waals surface area contributed by atoms with Crippen molar-refractivity contribution in [1.29, 1.82) is 0 Å². The van der Waals surface area contributed by atoms with Crippen molar-refractivity contribution >= 4 is 5.91 Å². The fraction of sp³-hybridized carbons (Fsp3) is 0.294. The van der Waals surface area contributed by atoms with E-state index in [1.165, 1.54) is 11.0 Å². The van der Waals surface area contributed by atoms with Crippen molar-refractivity contribution in [3.8, 4) is 5.88 Å². The van der Waals surface area contributed by atoms with Gasteiger partial charge < -0.3 is 9.64 Å². The number of hydrogen-bond acceptors (Lipinski definition) is 3. The van der Waals surface area contributed by atoms with E-state index in [4.69, 9.17) is 4.74 Å². The van der Waals surface area contributed by atoms with Gasteiger partial charge in [0, 0.05) is 18.8 Å². The normalized spacial score (nSPS) is 11.8. The summed E-state index contributed by atoms with van der Waals surface area (Å²) in [6.45, 7) is 4.03. The van der Waals surface area contributed by atoms with Gasteiger partial charge in [-0.3, -0.25) is 4.79 Å². The third-order valence-electron chi connectivity index (χ3n) is 3.54. The van der Waals surface area contributed by atoms with Gasteiger partial charge >= 0.3 is 0 Å². The Bertz CT molecular complexity index is 661. The molecule has 0 fully saturated rings. The summed E-state index contributed by atoms with van der Waals surface area (Å²) in [5, 5.41) is 0. The van der Waals surface area contributed by atoms with Crippen LogP contribution in [-0.4, -0.2) is 29.4 Å². The first-order chi connectivity index (χ1) is 10.6. The van der Waals surface area contributed by atoms with E-state index in [1.54, 1.807) is 50.5 Å². The molecule has 0 saturated carbocycles. The second-order valence-corrected chi connectivity index (χ2v) is 4.90. The molecular weight excluding hydrogens is 283 g/mol. The molecule has 0 aliphatic heterocycles. The SMILES string of the molecule is CCOc1ncccc1C(=O)N(C)C(C)c1ccccc1F. The maximum Gasteiger partial charge on any atom is 0.259 e. The fourth-order valence-corrected chi connectivity index (χ4v) is 2.19. The number of carbonyl (C=O) groups is 1. The minimum atomic E-state index is -0.400. The van der Waals surface area contributed by atoms with Crippen molar-refractivity contribution in [3.05, 3.63) is 59.5 Å². The van der Waals surface area contributed by atoms with Crippen LogP contribution in [0.4, 0.5) is 4.39 Å². The van der Waals surface area contributed by atoms with Gasteiger partial charge in [0.1, 0.15) is 11.4 Å². The molecule has 1 unspecified atom stereocenters. The molecule has 4 nitrogen and oxygen atoms in total. The van der Waals surface area contributed by atoms with Gasteiger partial charge in [-0.25, -0.2) is 9.37 Å². The van der Waals surface area contributed by atoms with Crippen LogP contribution in [0.3, 0.4) is 0 Å². The average Bonchev–Trinajstić information content (AvgIpc) is 2.54. The van der Waals surface area contributed by atoms with E-state index in [-0.39, 0.29) is 11.7 Å². The number of rotatable bonds is 5. The van der Waals surface area contributed by atoms with E-state index in [0.717, 1.165) is 0 Å². The van der Waals surface area contributed by atoms with Gasteiger partial charge in [-0.2, -0.15) is 0 Å². The number of carbonyl (C=O) groups excluding carboxylic acids is 1. The number of ether oxygens (including phenoxy) is 1. The highest BCUT2D eigenvalue weighted by molar-refractivity contribution is 5.96. The molecule has 1 aromatic heterocycles. The third-order valence-corrected chi connectivity index (χ3v) is 3.54. The Kier molecular flexibility index (Phi) is 5.09. The zero-order chi connectivity index (χ0) is 16.1. The summed E-state index contributed by atoms with van der Waals surface area (Å²) < 4.78 is 19.3. The maximum atomic E-state index is 13.9. The van der Waals surface area contributed by atoms with Gasteiger partial charge in [-0.1, -0.05) is 18.2 Å². The first-order valence-electron chi connectivity index (χ1n) is 7.15. The number of pyridine rings is 1. The van der Waals surface area contributed by atoms with Gasteiger partial charge in [0.25, 0.3) is 5.91 Å². The second kappa shape index (κ2) is 7.02. The lowest BCUT2D eigenvalue weighted by Gasteiger charge is -2.26. The Hall–Kier alpha value is -2.43. The summed E-state index contributed by atoms with van der Waals surface area (Å²) in [7, 11) is 1.64. The molecular formula is C17H19FN2O2. The molecule has 0 aliphatic carbocycles. The summed E-state index contributed by atoms with van der Waals surface area (Å²) in [5.41, 5.74) is 0.843. The monoisotopic (exact) mass is 302 g/mol. The predicted octanol–water partition coefficient (Wildman–Crippen LogP) is 3.45. The van der Waals surface area contributed by atoms with Crippen molar-refractivity contribution in [2.75, 3.05) is 13.7 Å². The fourth-order valence-electron chi connectivity index (χ4n) is 2.19. The minimum absolute atomic E-state index is 0.257. The highest BCUT2D eigenvalue weighted by Crippen LogP contribution is 2.25. The molecule has 0 spiro atoms. The number of hydrogen-bond donors (Lipinski definition) is 0. The molecule has 0 saturated heterocycles. The standard InChI is InChI=1S/C17H19FN2O2/c1-4-22-16-14(9-7-11-19-16)17(21)20(3)12(2)13-8-5-6-10-15(13)18/h5-12H,4H2,1-3H3. The highest BCUT2D eigenvalue weighted by Gasteiger charge is 2.23. The highest BCUT2D eigenvalue weighted by atomic mass is 19.1. The van der Waals surface area contributed by atoms with Crippen molar-refractivity contribution in [1.82, 2.24) is 9.88 Å². The van der Waals surface area contributed by atoms with Crippen LogP contribution in [-0.2, 0) is 0 Å². The smallest absolute Gasteiger partial charge is 0.259 e. The molecule has 0 N–H and O–H groups in total. The van der Waals surface area contributed by atoms with Crippen LogP contribution in [0.15, 0.2) is 42.6 Å². The first-order valence-corrected chi connectivity index (χ1v) is 7.15. The molecule has 2 aromatic rings. The lowest BCUT2D eigenvalue weighted by Crippen LogP contribution is -2.30.